The van der Waals surface area contributed by atoms with E-state index in [9.17, 15) is 19.7 Å². The Balaban J connectivity index is 1.32. The van der Waals surface area contributed by atoms with E-state index in [0.29, 0.717) is 17.9 Å². The molecule has 1 aliphatic heterocycles. The van der Waals surface area contributed by atoms with Gasteiger partial charge in [-0.25, -0.2) is 4.79 Å². The maximum Gasteiger partial charge on any atom is 0.419 e. The summed E-state index contributed by atoms with van der Waals surface area (Å²) in [6.07, 6.45) is 1.86. The zero-order valence-electron chi connectivity index (χ0n) is 17.2. The monoisotopic (exact) mass is 424 g/mol. The molecule has 0 bridgehead atoms. The number of rotatable bonds is 7. The lowest BCUT2D eigenvalue weighted by Gasteiger charge is -2.18. The largest absolute Gasteiger partial charge is 0.419 e. The summed E-state index contributed by atoms with van der Waals surface area (Å²) in [5.74, 6) is -0.0314. The van der Waals surface area contributed by atoms with Gasteiger partial charge < -0.3 is 14.6 Å². The van der Waals surface area contributed by atoms with E-state index in [0.717, 1.165) is 24.5 Å². The molecule has 1 unspecified atom stereocenters. The van der Waals surface area contributed by atoms with Crippen molar-refractivity contribution in [3.63, 3.8) is 0 Å². The van der Waals surface area contributed by atoms with E-state index in [4.69, 9.17) is 4.42 Å². The van der Waals surface area contributed by atoms with Crippen LogP contribution in [0.5, 0.6) is 0 Å². The van der Waals surface area contributed by atoms with Crippen LogP contribution in [0, 0.1) is 16.0 Å². The van der Waals surface area contributed by atoms with E-state index >= 15 is 0 Å². The molecule has 1 aliphatic rings. The molecule has 9 heteroatoms. The van der Waals surface area contributed by atoms with E-state index in [-0.39, 0.29) is 30.1 Å². The number of non-ortho nitro benzene ring substituents is 1. The van der Waals surface area contributed by atoms with Gasteiger partial charge in [0.15, 0.2) is 5.58 Å². The summed E-state index contributed by atoms with van der Waals surface area (Å²) in [4.78, 5) is 37.0. The van der Waals surface area contributed by atoms with Crippen molar-refractivity contribution in [1.29, 1.82) is 0 Å². The van der Waals surface area contributed by atoms with E-state index < -0.39 is 10.7 Å². The second-order valence-electron chi connectivity index (χ2n) is 7.97. The fourth-order valence-electron chi connectivity index (χ4n) is 3.93. The molecule has 1 N–H and O–H groups in total. The molecule has 0 spiro atoms. The normalized spacial score (nSPS) is 16.0. The number of aryl methyl sites for hydroxylation is 1. The molecule has 9 nitrogen and oxygen atoms in total. The van der Waals surface area contributed by atoms with Crippen LogP contribution in [0.25, 0.3) is 11.1 Å². The van der Waals surface area contributed by atoms with Crippen LogP contribution in [0.15, 0.2) is 51.7 Å². The first-order valence-electron chi connectivity index (χ1n) is 10.3. The molecule has 1 aromatic heterocycles. The van der Waals surface area contributed by atoms with Crippen molar-refractivity contribution in [2.75, 3.05) is 23.3 Å². The van der Waals surface area contributed by atoms with Gasteiger partial charge in [0.05, 0.1) is 16.5 Å². The lowest BCUT2D eigenvalue weighted by Crippen LogP contribution is -2.19. The Kier molecular flexibility index (Phi) is 5.75. The van der Waals surface area contributed by atoms with Crippen LogP contribution >= 0.6 is 0 Å². The third kappa shape index (κ3) is 4.60. The van der Waals surface area contributed by atoms with E-state index in [2.05, 4.69) is 17.1 Å². The van der Waals surface area contributed by atoms with Crippen molar-refractivity contribution in [1.82, 2.24) is 4.57 Å². The zero-order chi connectivity index (χ0) is 22.0. The first kappa shape index (κ1) is 20.6. The Hall–Kier alpha value is -3.62. The van der Waals surface area contributed by atoms with Gasteiger partial charge in [-0.3, -0.25) is 19.5 Å². The van der Waals surface area contributed by atoms with Gasteiger partial charge in [-0.05, 0) is 49.1 Å². The standard InChI is InChI=1S/C22H24N4O5/c1-15-10-12-24(14-15)17-6-4-16(5-7-17)23-21(27)3-2-11-25-19-9-8-18(26(29)30)13-20(19)31-22(25)28/h4-9,13,15H,2-3,10-12,14H2,1H3,(H,23,27). The average Bonchev–Trinajstić information content (AvgIpc) is 3.31. The predicted molar refractivity (Wildman–Crippen MR) is 117 cm³/mol. The lowest BCUT2D eigenvalue weighted by molar-refractivity contribution is -0.384. The third-order valence-electron chi connectivity index (χ3n) is 5.59. The molecule has 4 rings (SSSR count). The van der Waals surface area contributed by atoms with E-state index in [1.165, 1.54) is 29.2 Å². The van der Waals surface area contributed by atoms with Gasteiger partial charge in [0, 0.05) is 43.5 Å². The minimum absolute atomic E-state index is 0.140. The number of carbonyl (C=O) groups is 1. The number of oxazole rings is 1. The average molecular weight is 424 g/mol. The van der Waals surface area contributed by atoms with Gasteiger partial charge in [-0.15, -0.1) is 0 Å². The molecule has 1 atom stereocenters. The molecule has 3 aromatic rings. The number of aromatic nitrogens is 1. The maximum absolute atomic E-state index is 12.3. The summed E-state index contributed by atoms with van der Waals surface area (Å²) >= 11 is 0. The number of fused-ring (bicyclic) bond motifs is 1. The lowest BCUT2D eigenvalue weighted by atomic mass is 10.2. The highest BCUT2D eigenvalue weighted by Gasteiger charge is 2.19. The Morgan fingerprint density at radius 3 is 2.71 bits per heavy atom. The van der Waals surface area contributed by atoms with Crippen molar-refractivity contribution in [2.45, 2.75) is 32.7 Å². The number of nitrogens with one attached hydrogen (secondary N) is 1. The van der Waals surface area contributed by atoms with E-state index in [1.54, 1.807) is 0 Å². The van der Waals surface area contributed by atoms with Gasteiger partial charge >= 0.3 is 5.76 Å². The topological polar surface area (TPSA) is 111 Å². The number of anilines is 2. The number of nitro benzene ring substituents is 1. The maximum atomic E-state index is 12.3. The van der Waals surface area contributed by atoms with Gasteiger partial charge in [0.25, 0.3) is 5.69 Å². The van der Waals surface area contributed by atoms with Crippen LogP contribution < -0.4 is 16.0 Å². The van der Waals surface area contributed by atoms with Crippen LogP contribution in [-0.2, 0) is 11.3 Å². The molecule has 1 fully saturated rings. The van der Waals surface area contributed by atoms with Crippen LogP contribution in [0.4, 0.5) is 17.1 Å². The summed E-state index contributed by atoms with van der Waals surface area (Å²) in [5.41, 5.74) is 2.39. The molecule has 0 radical (unpaired) electrons. The van der Waals surface area contributed by atoms with Crippen LogP contribution in [0.1, 0.15) is 26.2 Å². The van der Waals surface area contributed by atoms with Crippen molar-refractivity contribution < 1.29 is 14.1 Å². The van der Waals surface area contributed by atoms with Gasteiger partial charge in [0.1, 0.15) is 0 Å². The molecular formula is C22H24N4O5. The SMILES string of the molecule is CC1CCN(c2ccc(NC(=O)CCCn3c(=O)oc4cc([N+](=O)[O-])ccc43)cc2)C1. The number of benzene rings is 2. The summed E-state index contributed by atoms with van der Waals surface area (Å²) in [5, 5.41) is 13.7. The van der Waals surface area contributed by atoms with Crippen molar-refractivity contribution >= 4 is 34.1 Å². The van der Waals surface area contributed by atoms with Crippen LogP contribution in [-0.4, -0.2) is 28.5 Å². The second kappa shape index (κ2) is 8.63. The number of amides is 1. The summed E-state index contributed by atoms with van der Waals surface area (Å²) < 4.78 is 6.49. The quantitative estimate of drug-likeness (QED) is 0.457. The first-order valence-corrected chi connectivity index (χ1v) is 10.3. The molecule has 31 heavy (non-hydrogen) atoms. The van der Waals surface area contributed by atoms with Crippen molar-refractivity contribution in [3.8, 4) is 0 Å². The Morgan fingerprint density at radius 1 is 1.26 bits per heavy atom. The first-order chi connectivity index (χ1) is 14.9. The Bertz CT molecular complexity index is 1160. The Labute approximate surface area is 178 Å². The van der Waals surface area contributed by atoms with Gasteiger partial charge in [-0.2, -0.15) is 0 Å². The van der Waals surface area contributed by atoms with Crippen molar-refractivity contribution in [3.05, 3.63) is 63.1 Å². The molecule has 0 saturated carbocycles. The van der Waals surface area contributed by atoms with Crippen LogP contribution in [0.3, 0.4) is 0 Å². The molecule has 1 amide bonds. The fourth-order valence-corrected chi connectivity index (χ4v) is 3.93. The number of nitro groups is 1. The van der Waals surface area contributed by atoms with Gasteiger partial charge in [0.2, 0.25) is 5.91 Å². The van der Waals surface area contributed by atoms with Crippen LogP contribution in [0.2, 0.25) is 0 Å². The highest BCUT2D eigenvalue weighted by atomic mass is 16.6. The smallest absolute Gasteiger partial charge is 0.407 e. The molecule has 162 valence electrons. The minimum atomic E-state index is -0.595. The summed E-state index contributed by atoms with van der Waals surface area (Å²) in [7, 11) is 0. The molecule has 1 saturated heterocycles. The number of carbonyl (C=O) groups excluding carboxylic acids is 1. The highest BCUT2D eigenvalue weighted by molar-refractivity contribution is 5.90. The highest BCUT2D eigenvalue weighted by Crippen LogP contribution is 2.25. The van der Waals surface area contributed by atoms with Gasteiger partial charge in [-0.1, -0.05) is 6.92 Å². The molecule has 2 heterocycles. The Morgan fingerprint density at radius 2 is 2.03 bits per heavy atom. The summed E-state index contributed by atoms with van der Waals surface area (Å²) in [6.45, 7) is 4.64. The molecule has 2 aromatic carbocycles. The minimum Gasteiger partial charge on any atom is -0.407 e. The number of hydrogen-bond donors (Lipinski definition) is 1. The van der Waals surface area contributed by atoms with E-state index in [1.807, 2.05) is 24.3 Å². The second-order valence-corrected chi connectivity index (χ2v) is 7.97. The molecular weight excluding hydrogens is 400 g/mol. The summed E-state index contributed by atoms with van der Waals surface area (Å²) in [6, 6.07) is 11.9. The zero-order valence-corrected chi connectivity index (χ0v) is 17.2. The third-order valence-corrected chi connectivity index (χ3v) is 5.59. The van der Waals surface area contributed by atoms with Crippen molar-refractivity contribution in [2.24, 2.45) is 5.92 Å². The predicted octanol–water partition coefficient (Wildman–Crippen LogP) is 3.77. The number of nitrogens with zero attached hydrogens (tertiary/aromatic N) is 3. The molecule has 0 aliphatic carbocycles. The fraction of sp³-hybridized carbons (Fsp3) is 0.364. The number of hydrogen-bond acceptors (Lipinski definition) is 6.